The van der Waals surface area contributed by atoms with Gasteiger partial charge in [-0.2, -0.15) is 5.10 Å². The van der Waals surface area contributed by atoms with Gasteiger partial charge in [-0.1, -0.05) is 0 Å². The highest BCUT2D eigenvalue weighted by Gasteiger charge is 2.24. The van der Waals surface area contributed by atoms with Gasteiger partial charge in [0.15, 0.2) is 0 Å². The van der Waals surface area contributed by atoms with E-state index >= 15 is 0 Å². The van der Waals surface area contributed by atoms with E-state index in [0.29, 0.717) is 12.1 Å². The Hall–Kier alpha value is -1.75. The molecule has 2 aromatic rings. The van der Waals surface area contributed by atoms with Crippen molar-refractivity contribution in [2.75, 3.05) is 13.6 Å². The van der Waals surface area contributed by atoms with Crippen LogP contribution in [-0.2, 0) is 0 Å². The Morgan fingerprint density at radius 2 is 2.15 bits per heavy atom. The third-order valence-electron chi connectivity index (χ3n) is 3.94. The lowest BCUT2D eigenvalue weighted by Crippen LogP contribution is -2.19. The Morgan fingerprint density at radius 3 is 2.85 bits per heavy atom. The van der Waals surface area contributed by atoms with Gasteiger partial charge in [-0.25, -0.2) is 4.98 Å². The number of hydrogen-bond acceptors (Lipinski definition) is 4. The van der Waals surface area contributed by atoms with Gasteiger partial charge < -0.3 is 0 Å². The van der Waals surface area contributed by atoms with Gasteiger partial charge in [0, 0.05) is 12.2 Å². The lowest BCUT2D eigenvalue weighted by Gasteiger charge is -2.19. The SMILES string of the molecule is CC(C)n1nccc1-c1cncc(C2CCCN2C)n1. The standard InChI is InChI=1S/C15H21N5/c1-11(2)20-15(6-7-17-20)13-10-16-9-12(18-13)14-5-4-8-19(14)3/h6-7,9-11,14H,4-5,8H2,1-3H3. The first-order valence-electron chi connectivity index (χ1n) is 7.23. The zero-order valence-electron chi connectivity index (χ0n) is 12.3. The maximum atomic E-state index is 4.83. The molecule has 5 nitrogen and oxygen atoms in total. The summed E-state index contributed by atoms with van der Waals surface area (Å²) in [6, 6.07) is 2.73. The van der Waals surface area contributed by atoms with Gasteiger partial charge in [0.25, 0.3) is 0 Å². The number of hydrogen-bond donors (Lipinski definition) is 0. The van der Waals surface area contributed by atoms with Crippen LogP contribution in [0.25, 0.3) is 11.4 Å². The second-order valence-electron chi connectivity index (χ2n) is 5.72. The summed E-state index contributed by atoms with van der Waals surface area (Å²) in [5, 5.41) is 4.37. The summed E-state index contributed by atoms with van der Waals surface area (Å²) < 4.78 is 1.99. The average Bonchev–Trinajstić information content (AvgIpc) is 3.07. The van der Waals surface area contributed by atoms with Crippen molar-refractivity contribution in [2.45, 2.75) is 38.8 Å². The highest BCUT2D eigenvalue weighted by atomic mass is 15.3. The van der Waals surface area contributed by atoms with E-state index in [9.17, 15) is 0 Å². The Bertz CT molecular complexity index is 589. The summed E-state index contributed by atoms with van der Waals surface area (Å²) in [7, 11) is 2.16. The van der Waals surface area contributed by atoms with Gasteiger partial charge in [-0.3, -0.25) is 14.6 Å². The van der Waals surface area contributed by atoms with Crippen LogP contribution in [0, 0.1) is 0 Å². The van der Waals surface area contributed by atoms with Crippen molar-refractivity contribution in [3.05, 3.63) is 30.4 Å². The number of nitrogens with zero attached hydrogens (tertiary/aromatic N) is 5. The lowest BCUT2D eigenvalue weighted by molar-refractivity contribution is 0.311. The highest BCUT2D eigenvalue weighted by molar-refractivity contribution is 5.53. The predicted octanol–water partition coefficient (Wildman–Crippen LogP) is 2.69. The number of rotatable bonds is 3. The molecule has 5 heteroatoms. The molecular formula is C15H21N5. The van der Waals surface area contributed by atoms with Crippen LogP contribution in [0.1, 0.15) is 44.5 Å². The van der Waals surface area contributed by atoms with Crippen LogP contribution in [-0.4, -0.2) is 38.2 Å². The van der Waals surface area contributed by atoms with Crippen molar-refractivity contribution in [3.8, 4) is 11.4 Å². The van der Waals surface area contributed by atoms with Gasteiger partial charge in [0.05, 0.1) is 29.8 Å². The fourth-order valence-electron chi connectivity index (χ4n) is 2.88. The van der Waals surface area contributed by atoms with Gasteiger partial charge in [0.1, 0.15) is 5.69 Å². The van der Waals surface area contributed by atoms with E-state index in [-0.39, 0.29) is 0 Å². The zero-order chi connectivity index (χ0) is 14.1. The smallest absolute Gasteiger partial charge is 0.107 e. The van der Waals surface area contributed by atoms with E-state index in [1.807, 2.05) is 29.3 Å². The minimum absolute atomic E-state index is 0.319. The Balaban J connectivity index is 1.97. The fraction of sp³-hybridized carbons (Fsp3) is 0.533. The normalized spacial score (nSPS) is 19.9. The van der Waals surface area contributed by atoms with Crippen molar-refractivity contribution in [1.82, 2.24) is 24.6 Å². The Kier molecular flexibility index (Phi) is 3.53. The van der Waals surface area contributed by atoms with Crippen molar-refractivity contribution >= 4 is 0 Å². The highest BCUT2D eigenvalue weighted by Crippen LogP contribution is 2.30. The molecule has 1 saturated heterocycles. The second kappa shape index (κ2) is 5.32. The molecule has 1 atom stereocenters. The van der Waals surface area contributed by atoms with Crippen LogP contribution < -0.4 is 0 Å². The van der Waals surface area contributed by atoms with E-state index < -0.39 is 0 Å². The van der Waals surface area contributed by atoms with Crippen LogP contribution in [0.2, 0.25) is 0 Å². The topological polar surface area (TPSA) is 46.8 Å². The van der Waals surface area contributed by atoms with E-state index in [4.69, 9.17) is 4.98 Å². The van der Waals surface area contributed by atoms with E-state index in [0.717, 1.165) is 30.0 Å². The first kappa shape index (κ1) is 13.2. The van der Waals surface area contributed by atoms with Crippen LogP contribution in [0.15, 0.2) is 24.7 Å². The molecule has 0 aromatic carbocycles. The van der Waals surface area contributed by atoms with E-state index in [1.165, 1.54) is 6.42 Å². The molecule has 0 amide bonds. The molecule has 0 spiro atoms. The molecular weight excluding hydrogens is 250 g/mol. The molecule has 3 heterocycles. The Labute approximate surface area is 119 Å². The minimum atomic E-state index is 0.319. The zero-order valence-corrected chi connectivity index (χ0v) is 12.3. The van der Waals surface area contributed by atoms with Crippen LogP contribution >= 0.6 is 0 Å². The van der Waals surface area contributed by atoms with E-state index in [1.54, 1.807) is 0 Å². The maximum Gasteiger partial charge on any atom is 0.107 e. The minimum Gasteiger partial charge on any atom is -0.298 e. The summed E-state index contributed by atoms with van der Waals surface area (Å²) in [6.07, 6.45) is 7.95. The Morgan fingerprint density at radius 1 is 1.30 bits per heavy atom. The summed E-state index contributed by atoms with van der Waals surface area (Å²) in [6.45, 7) is 5.39. The second-order valence-corrected chi connectivity index (χ2v) is 5.72. The molecule has 1 fully saturated rings. The molecule has 106 valence electrons. The molecule has 20 heavy (non-hydrogen) atoms. The van der Waals surface area contributed by atoms with Crippen molar-refractivity contribution < 1.29 is 0 Å². The monoisotopic (exact) mass is 271 g/mol. The fourth-order valence-corrected chi connectivity index (χ4v) is 2.88. The summed E-state index contributed by atoms with van der Waals surface area (Å²) in [5.74, 6) is 0. The van der Waals surface area contributed by atoms with Crippen molar-refractivity contribution in [2.24, 2.45) is 0 Å². The van der Waals surface area contributed by atoms with Gasteiger partial charge in [-0.05, 0) is 46.3 Å². The van der Waals surface area contributed by atoms with Gasteiger partial charge in [0.2, 0.25) is 0 Å². The molecule has 1 unspecified atom stereocenters. The molecule has 1 aliphatic rings. The van der Waals surface area contributed by atoms with Crippen LogP contribution in [0.3, 0.4) is 0 Å². The largest absolute Gasteiger partial charge is 0.298 e. The quantitative estimate of drug-likeness (QED) is 0.861. The first-order chi connectivity index (χ1) is 9.66. The maximum absolute atomic E-state index is 4.83. The van der Waals surface area contributed by atoms with Gasteiger partial charge >= 0.3 is 0 Å². The first-order valence-corrected chi connectivity index (χ1v) is 7.23. The number of likely N-dealkylation sites (tertiary alicyclic amines) is 1. The molecule has 3 rings (SSSR count). The van der Waals surface area contributed by atoms with Gasteiger partial charge in [-0.15, -0.1) is 0 Å². The third kappa shape index (κ3) is 2.33. The van der Waals surface area contributed by atoms with Crippen molar-refractivity contribution in [3.63, 3.8) is 0 Å². The van der Waals surface area contributed by atoms with E-state index in [2.05, 4.69) is 35.9 Å². The molecule has 0 radical (unpaired) electrons. The third-order valence-corrected chi connectivity index (χ3v) is 3.94. The lowest BCUT2D eigenvalue weighted by atomic mass is 10.1. The average molecular weight is 271 g/mol. The van der Waals surface area contributed by atoms with Crippen LogP contribution in [0.5, 0.6) is 0 Å². The molecule has 0 aliphatic carbocycles. The predicted molar refractivity (Wildman–Crippen MR) is 78.2 cm³/mol. The molecule has 0 bridgehead atoms. The summed E-state index contributed by atoms with van der Waals surface area (Å²) in [4.78, 5) is 11.6. The molecule has 0 N–H and O–H groups in total. The summed E-state index contributed by atoms with van der Waals surface area (Å²) >= 11 is 0. The molecule has 2 aromatic heterocycles. The summed E-state index contributed by atoms with van der Waals surface area (Å²) in [5.41, 5.74) is 3.02. The van der Waals surface area contributed by atoms with Crippen LogP contribution in [0.4, 0.5) is 0 Å². The molecule has 0 saturated carbocycles. The van der Waals surface area contributed by atoms with Crippen molar-refractivity contribution in [1.29, 1.82) is 0 Å². The molecule has 1 aliphatic heterocycles. The number of aromatic nitrogens is 4.